The average molecular weight is 385 g/mol. The number of hydrogen-bond donors (Lipinski definition) is 3. The lowest BCUT2D eigenvalue weighted by molar-refractivity contribution is -0.113. The van der Waals surface area contributed by atoms with Gasteiger partial charge in [-0.25, -0.2) is 9.18 Å². The number of urea groups is 1. The molecule has 0 aliphatic carbocycles. The minimum absolute atomic E-state index is 0.0516. The maximum atomic E-state index is 13.9. The lowest BCUT2D eigenvalue weighted by atomic mass is 9.94. The van der Waals surface area contributed by atoms with Gasteiger partial charge in [0, 0.05) is 5.70 Å². The van der Waals surface area contributed by atoms with Gasteiger partial charge in [-0.3, -0.25) is 4.79 Å². The Bertz CT molecular complexity index is 958. The molecule has 3 N–H and O–H groups in total. The van der Waals surface area contributed by atoms with Crippen molar-refractivity contribution in [3.63, 3.8) is 0 Å². The first-order chi connectivity index (χ1) is 13.4. The Hall–Kier alpha value is -3.55. The van der Waals surface area contributed by atoms with Gasteiger partial charge in [0.2, 0.25) is 0 Å². The maximum absolute atomic E-state index is 13.9. The van der Waals surface area contributed by atoms with Crippen LogP contribution >= 0.6 is 0 Å². The van der Waals surface area contributed by atoms with Crippen LogP contribution in [0.2, 0.25) is 0 Å². The van der Waals surface area contributed by atoms with Gasteiger partial charge in [-0.2, -0.15) is 0 Å². The molecule has 3 amide bonds. The Kier molecular flexibility index (Phi) is 5.49. The summed E-state index contributed by atoms with van der Waals surface area (Å²) >= 11 is 0. The molecule has 1 atom stereocenters. The highest BCUT2D eigenvalue weighted by atomic mass is 19.1. The van der Waals surface area contributed by atoms with Gasteiger partial charge in [0.15, 0.2) is 11.5 Å². The molecule has 146 valence electrons. The van der Waals surface area contributed by atoms with E-state index in [1.165, 1.54) is 32.4 Å². The van der Waals surface area contributed by atoms with Crippen LogP contribution < -0.4 is 25.4 Å². The average Bonchev–Trinajstić information content (AvgIpc) is 2.68. The second kappa shape index (κ2) is 7.99. The van der Waals surface area contributed by atoms with E-state index in [2.05, 4.69) is 16.0 Å². The number of benzene rings is 2. The van der Waals surface area contributed by atoms with Gasteiger partial charge < -0.3 is 25.4 Å². The fraction of sp³-hybridized carbons (Fsp3) is 0.200. The highest BCUT2D eigenvalue weighted by molar-refractivity contribution is 6.06. The fourth-order valence-corrected chi connectivity index (χ4v) is 3.03. The van der Waals surface area contributed by atoms with E-state index in [1.807, 2.05) is 0 Å². The number of nitrogens with one attached hydrogen (secondary N) is 3. The smallest absolute Gasteiger partial charge is 0.319 e. The highest BCUT2D eigenvalue weighted by Crippen LogP contribution is 2.34. The molecular formula is C20H20FN3O4. The molecule has 0 radical (unpaired) electrons. The zero-order chi connectivity index (χ0) is 20.3. The van der Waals surface area contributed by atoms with Crippen molar-refractivity contribution in [3.05, 3.63) is 65.1 Å². The first kappa shape index (κ1) is 19.2. The van der Waals surface area contributed by atoms with E-state index in [0.717, 1.165) is 0 Å². The maximum Gasteiger partial charge on any atom is 0.319 e. The summed E-state index contributed by atoms with van der Waals surface area (Å²) in [7, 11) is 3.01. The number of ether oxygens (including phenoxy) is 2. The topological polar surface area (TPSA) is 88.7 Å². The Morgan fingerprint density at radius 2 is 1.82 bits per heavy atom. The van der Waals surface area contributed by atoms with Crippen LogP contribution in [-0.4, -0.2) is 26.2 Å². The van der Waals surface area contributed by atoms with Crippen molar-refractivity contribution >= 4 is 17.6 Å². The predicted octanol–water partition coefficient (Wildman–Crippen LogP) is 3.11. The van der Waals surface area contributed by atoms with Crippen molar-refractivity contribution in [2.24, 2.45) is 0 Å². The van der Waals surface area contributed by atoms with Gasteiger partial charge in [-0.05, 0) is 36.8 Å². The summed E-state index contributed by atoms with van der Waals surface area (Å²) in [4.78, 5) is 24.9. The summed E-state index contributed by atoms with van der Waals surface area (Å²) in [5, 5.41) is 7.86. The number of carbonyl (C=O) groups is 2. The van der Waals surface area contributed by atoms with E-state index in [0.29, 0.717) is 22.8 Å². The quantitative estimate of drug-likeness (QED) is 0.738. The zero-order valence-electron chi connectivity index (χ0n) is 15.6. The molecule has 2 aromatic carbocycles. The molecule has 0 aromatic heterocycles. The number of carbonyl (C=O) groups excluding carboxylic acids is 2. The lowest BCUT2D eigenvalue weighted by Crippen LogP contribution is -2.46. The molecule has 0 fully saturated rings. The summed E-state index contributed by atoms with van der Waals surface area (Å²) in [6, 6.07) is 9.76. The van der Waals surface area contributed by atoms with Gasteiger partial charge >= 0.3 is 6.03 Å². The van der Waals surface area contributed by atoms with E-state index in [9.17, 15) is 14.0 Å². The Labute approximate surface area is 161 Å². The van der Waals surface area contributed by atoms with E-state index in [4.69, 9.17) is 9.47 Å². The largest absolute Gasteiger partial charge is 0.493 e. The van der Waals surface area contributed by atoms with Crippen molar-refractivity contribution in [2.75, 3.05) is 19.5 Å². The molecule has 7 nitrogen and oxygen atoms in total. The summed E-state index contributed by atoms with van der Waals surface area (Å²) in [5.41, 5.74) is 1.30. The van der Waals surface area contributed by atoms with E-state index in [1.54, 1.807) is 31.2 Å². The second-order valence-corrected chi connectivity index (χ2v) is 6.12. The molecule has 0 spiro atoms. The van der Waals surface area contributed by atoms with Crippen molar-refractivity contribution < 1.29 is 23.5 Å². The van der Waals surface area contributed by atoms with Crippen LogP contribution in [0.25, 0.3) is 0 Å². The number of anilines is 1. The lowest BCUT2D eigenvalue weighted by Gasteiger charge is -2.29. The third-order valence-electron chi connectivity index (χ3n) is 4.38. The van der Waals surface area contributed by atoms with Crippen LogP contribution in [-0.2, 0) is 4.79 Å². The van der Waals surface area contributed by atoms with E-state index >= 15 is 0 Å². The number of hydrogen-bond acceptors (Lipinski definition) is 4. The summed E-state index contributed by atoms with van der Waals surface area (Å²) in [5.74, 6) is -0.108. The van der Waals surface area contributed by atoms with Crippen LogP contribution in [0.1, 0.15) is 18.5 Å². The highest BCUT2D eigenvalue weighted by Gasteiger charge is 2.32. The first-order valence-electron chi connectivity index (χ1n) is 8.50. The van der Waals surface area contributed by atoms with Crippen LogP contribution in [0, 0.1) is 5.82 Å². The van der Waals surface area contributed by atoms with E-state index in [-0.39, 0.29) is 11.3 Å². The van der Waals surface area contributed by atoms with Crippen molar-refractivity contribution in [1.82, 2.24) is 10.6 Å². The number of amides is 3. The molecule has 0 unspecified atom stereocenters. The number of methoxy groups -OCH3 is 2. The molecule has 2 aromatic rings. The number of allylic oxidation sites excluding steroid dienone is 1. The summed E-state index contributed by atoms with van der Waals surface area (Å²) in [6.45, 7) is 1.61. The van der Waals surface area contributed by atoms with Crippen LogP contribution in [0.4, 0.5) is 14.9 Å². The summed E-state index contributed by atoms with van der Waals surface area (Å²) < 4.78 is 24.5. The SMILES string of the molecule is COc1ccc([C@@H]2NC(=O)NC(C)=C2C(=O)Nc2ccccc2F)cc1OC. The number of rotatable bonds is 5. The predicted molar refractivity (Wildman–Crippen MR) is 102 cm³/mol. The van der Waals surface area contributed by atoms with Gasteiger partial charge in [-0.1, -0.05) is 18.2 Å². The number of para-hydroxylation sites is 1. The normalized spacial score (nSPS) is 16.1. The Morgan fingerprint density at radius 3 is 2.50 bits per heavy atom. The van der Waals surface area contributed by atoms with Gasteiger partial charge in [-0.15, -0.1) is 0 Å². The van der Waals surface area contributed by atoms with Gasteiger partial charge in [0.05, 0.1) is 31.5 Å². The van der Waals surface area contributed by atoms with Crippen LogP contribution in [0.15, 0.2) is 53.7 Å². The minimum atomic E-state index is -0.750. The second-order valence-electron chi connectivity index (χ2n) is 6.12. The van der Waals surface area contributed by atoms with Gasteiger partial charge in [0.1, 0.15) is 5.82 Å². The first-order valence-corrected chi connectivity index (χ1v) is 8.50. The van der Waals surface area contributed by atoms with Crippen molar-refractivity contribution in [1.29, 1.82) is 0 Å². The summed E-state index contributed by atoms with van der Waals surface area (Å²) in [6.07, 6.45) is 0. The minimum Gasteiger partial charge on any atom is -0.493 e. The fourth-order valence-electron chi connectivity index (χ4n) is 3.03. The standard InChI is InChI=1S/C20H20FN3O4/c1-11-17(19(25)23-14-7-5-4-6-13(14)21)18(24-20(26)22-11)12-8-9-15(27-2)16(10-12)28-3/h4-10,18H,1-3H3,(H,23,25)(H2,22,24,26)/t18-/m0/s1. The molecule has 0 saturated heterocycles. The third kappa shape index (κ3) is 3.75. The van der Waals surface area contributed by atoms with Crippen LogP contribution in [0.5, 0.6) is 11.5 Å². The molecule has 1 aliphatic heterocycles. The monoisotopic (exact) mass is 385 g/mol. The molecule has 3 rings (SSSR count). The molecular weight excluding hydrogens is 365 g/mol. The molecule has 0 bridgehead atoms. The Balaban J connectivity index is 1.99. The molecule has 1 aliphatic rings. The Morgan fingerprint density at radius 1 is 1.11 bits per heavy atom. The molecule has 28 heavy (non-hydrogen) atoms. The van der Waals surface area contributed by atoms with Crippen LogP contribution in [0.3, 0.4) is 0 Å². The van der Waals surface area contributed by atoms with Crippen molar-refractivity contribution in [3.8, 4) is 11.5 Å². The number of halogens is 1. The molecule has 8 heteroatoms. The molecule has 0 saturated carbocycles. The third-order valence-corrected chi connectivity index (χ3v) is 4.38. The zero-order valence-corrected chi connectivity index (χ0v) is 15.6. The van der Waals surface area contributed by atoms with Gasteiger partial charge in [0.25, 0.3) is 5.91 Å². The van der Waals surface area contributed by atoms with Crippen molar-refractivity contribution in [2.45, 2.75) is 13.0 Å². The van der Waals surface area contributed by atoms with E-state index < -0.39 is 23.8 Å². The molecule has 1 heterocycles.